The van der Waals surface area contributed by atoms with Crippen molar-refractivity contribution in [2.75, 3.05) is 6.35 Å². The smallest absolute Gasteiger partial charge is 0.279 e. The predicted molar refractivity (Wildman–Crippen MR) is 66.7 cm³/mol. The first-order chi connectivity index (χ1) is 8.24. The average molecular weight is 250 g/mol. The summed E-state index contributed by atoms with van der Waals surface area (Å²) in [5.74, 6) is 0.907. The van der Waals surface area contributed by atoms with E-state index in [0.717, 1.165) is 24.2 Å². The van der Waals surface area contributed by atoms with Crippen LogP contribution >= 0.6 is 7.37 Å². The van der Waals surface area contributed by atoms with E-state index in [0.29, 0.717) is 0 Å². The van der Waals surface area contributed by atoms with Crippen molar-refractivity contribution in [3.63, 3.8) is 0 Å². The molecule has 0 aromatic carbocycles. The Hall–Kier alpha value is -1.05. The summed E-state index contributed by atoms with van der Waals surface area (Å²) in [5.41, 5.74) is 0.917. The Bertz CT molecular complexity index is 499. The fourth-order valence-corrected chi connectivity index (χ4v) is 4.74. The molecule has 3 atom stereocenters. The van der Waals surface area contributed by atoms with E-state index < -0.39 is 7.37 Å². The first-order valence-electron chi connectivity index (χ1n) is 5.88. The van der Waals surface area contributed by atoms with E-state index in [9.17, 15) is 9.67 Å². The molecule has 0 saturated heterocycles. The number of rotatable bonds is 1. The monoisotopic (exact) mass is 250 g/mol. The molecule has 4 heteroatoms. The number of aliphatic hydroxyl groups is 1. The average Bonchev–Trinajstić information content (AvgIpc) is 2.39. The third kappa shape index (κ3) is 1.65. The molecule has 0 aromatic heterocycles. The van der Waals surface area contributed by atoms with Gasteiger partial charge in [0, 0.05) is 12.3 Å². The topological polar surface area (TPSA) is 46.5 Å². The first kappa shape index (κ1) is 11.1. The zero-order chi connectivity index (χ0) is 11.9. The highest BCUT2D eigenvalue weighted by atomic mass is 31.2. The maximum Gasteiger partial charge on any atom is 0.279 e. The van der Waals surface area contributed by atoms with Crippen LogP contribution in [-0.4, -0.2) is 17.1 Å². The third-order valence-electron chi connectivity index (χ3n) is 3.54. The van der Waals surface area contributed by atoms with Gasteiger partial charge in [0.1, 0.15) is 12.1 Å². The zero-order valence-electron chi connectivity index (χ0n) is 9.45. The van der Waals surface area contributed by atoms with Gasteiger partial charge in [-0.05, 0) is 12.0 Å². The molecule has 3 nitrogen and oxygen atoms in total. The van der Waals surface area contributed by atoms with Gasteiger partial charge in [-0.25, -0.2) is 0 Å². The summed E-state index contributed by atoms with van der Waals surface area (Å²) in [7, 11) is -2.99. The molecule has 0 radical (unpaired) electrons. The van der Waals surface area contributed by atoms with Gasteiger partial charge in [0.25, 0.3) is 7.37 Å². The second-order valence-corrected chi connectivity index (χ2v) is 7.08. The van der Waals surface area contributed by atoms with Gasteiger partial charge in [-0.15, -0.1) is 0 Å². The normalized spacial score (nSPS) is 38.6. The number of allylic oxidation sites excluding steroid dienone is 8. The van der Waals surface area contributed by atoms with Crippen LogP contribution in [0.5, 0.6) is 0 Å². The Morgan fingerprint density at radius 3 is 3.06 bits per heavy atom. The van der Waals surface area contributed by atoms with Crippen molar-refractivity contribution >= 4 is 7.37 Å². The lowest BCUT2D eigenvalue weighted by Gasteiger charge is -2.38. The standard InChI is InChI=1S/C13H15O3P/c14-9-17(15)13-8-4-2-6-11(13)10-5-1-3-7-12(10)16-17/h1-2,4-6,8,11,13-14H,3,7,9H2/t11?,13?,17-/m0/s1. The van der Waals surface area contributed by atoms with Crippen LogP contribution in [0.2, 0.25) is 0 Å². The molecule has 0 spiro atoms. The van der Waals surface area contributed by atoms with Crippen molar-refractivity contribution in [1.29, 1.82) is 0 Å². The van der Waals surface area contributed by atoms with Gasteiger partial charge < -0.3 is 9.63 Å². The summed E-state index contributed by atoms with van der Waals surface area (Å²) in [6.45, 7) is 0. The van der Waals surface area contributed by atoms with E-state index in [1.165, 1.54) is 0 Å². The van der Waals surface area contributed by atoms with Crippen molar-refractivity contribution < 1.29 is 14.2 Å². The lowest BCUT2D eigenvalue weighted by molar-refractivity contribution is 0.291. The molecule has 2 unspecified atom stereocenters. The molecule has 1 aliphatic heterocycles. The van der Waals surface area contributed by atoms with Gasteiger partial charge in [0.2, 0.25) is 0 Å². The van der Waals surface area contributed by atoms with Gasteiger partial charge >= 0.3 is 0 Å². The van der Waals surface area contributed by atoms with E-state index in [1.54, 1.807) is 0 Å². The molecule has 1 heterocycles. The van der Waals surface area contributed by atoms with Crippen LogP contribution in [-0.2, 0) is 9.09 Å². The molecule has 0 bridgehead atoms. The van der Waals surface area contributed by atoms with Gasteiger partial charge in [-0.3, -0.25) is 4.57 Å². The molecule has 0 fully saturated rings. The van der Waals surface area contributed by atoms with Crippen molar-refractivity contribution in [2.24, 2.45) is 5.92 Å². The lowest BCUT2D eigenvalue weighted by Crippen LogP contribution is -2.28. The summed E-state index contributed by atoms with van der Waals surface area (Å²) >= 11 is 0. The summed E-state index contributed by atoms with van der Waals surface area (Å²) in [6, 6.07) is 0. The van der Waals surface area contributed by atoms with Gasteiger partial charge in [-0.2, -0.15) is 0 Å². The molecule has 3 rings (SSSR count). The highest BCUT2D eigenvalue weighted by molar-refractivity contribution is 7.60. The van der Waals surface area contributed by atoms with Crippen molar-refractivity contribution in [3.8, 4) is 0 Å². The van der Waals surface area contributed by atoms with Crippen molar-refractivity contribution in [1.82, 2.24) is 0 Å². The van der Waals surface area contributed by atoms with Crippen LogP contribution in [0.25, 0.3) is 0 Å². The maximum absolute atomic E-state index is 12.6. The molecule has 0 amide bonds. The molecule has 0 saturated carbocycles. The SMILES string of the molecule is O=[P@@]1(CO)OC2=C(C=CCC2)C2C=CC=CC21. The summed E-state index contributed by atoms with van der Waals surface area (Å²) in [4.78, 5) is 0. The predicted octanol–water partition coefficient (Wildman–Crippen LogP) is 2.96. The molecule has 17 heavy (non-hydrogen) atoms. The molecule has 2 aliphatic carbocycles. The molecular formula is C13H15O3P. The van der Waals surface area contributed by atoms with Crippen molar-refractivity contribution in [3.05, 3.63) is 47.8 Å². The van der Waals surface area contributed by atoms with Crippen LogP contribution in [0.1, 0.15) is 12.8 Å². The Balaban J connectivity index is 2.10. The molecular weight excluding hydrogens is 235 g/mol. The van der Waals surface area contributed by atoms with E-state index in [4.69, 9.17) is 4.52 Å². The van der Waals surface area contributed by atoms with Gasteiger partial charge in [-0.1, -0.05) is 36.5 Å². The molecule has 90 valence electrons. The minimum atomic E-state index is -2.99. The number of hydrogen-bond acceptors (Lipinski definition) is 3. The lowest BCUT2D eigenvalue weighted by atomic mass is 9.87. The Labute approximate surface area is 101 Å². The number of hydrogen-bond donors (Lipinski definition) is 1. The van der Waals surface area contributed by atoms with Crippen LogP contribution in [0, 0.1) is 5.92 Å². The van der Waals surface area contributed by atoms with E-state index in [-0.39, 0.29) is 17.9 Å². The summed E-state index contributed by atoms with van der Waals surface area (Å²) in [5, 5.41) is 9.39. The molecule has 0 aromatic rings. The van der Waals surface area contributed by atoms with Crippen LogP contribution in [0.15, 0.2) is 47.8 Å². The highest BCUT2D eigenvalue weighted by Gasteiger charge is 2.45. The fraction of sp³-hybridized carbons (Fsp3) is 0.385. The summed E-state index contributed by atoms with van der Waals surface area (Å²) in [6.07, 6.45) is 13.3. The quantitative estimate of drug-likeness (QED) is 0.728. The fourth-order valence-electron chi connectivity index (χ4n) is 2.69. The van der Waals surface area contributed by atoms with Crippen LogP contribution in [0.4, 0.5) is 0 Å². The Morgan fingerprint density at radius 2 is 2.24 bits per heavy atom. The second kappa shape index (κ2) is 4.01. The highest BCUT2D eigenvalue weighted by Crippen LogP contribution is 2.62. The van der Waals surface area contributed by atoms with Gasteiger partial charge in [0.05, 0.1) is 5.66 Å². The zero-order valence-corrected chi connectivity index (χ0v) is 10.3. The van der Waals surface area contributed by atoms with Gasteiger partial charge in [0.15, 0.2) is 0 Å². The summed E-state index contributed by atoms with van der Waals surface area (Å²) < 4.78 is 18.3. The first-order valence-corrected chi connectivity index (χ1v) is 7.76. The van der Waals surface area contributed by atoms with E-state index >= 15 is 0 Å². The number of fused-ring (bicyclic) bond motifs is 2. The molecule has 3 aliphatic rings. The largest absolute Gasteiger partial charge is 0.445 e. The van der Waals surface area contributed by atoms with Crippen LogP contribution < -0.4 is 0 Å². The van der Waals surface area contributed by atoms with E-state index in [1.807, 2.05) is 18.2 Å². The van der Waals surface area contributed by atoms with Crippen LogP contribution in [0.3, 0.4) is 0 Å². The maximum atomic E-state index is 12.6. The van der Waals surface area contributed by atoms with E-state index in [2.05, 4.69) is 18.2 Å². The minimum Gasteiger partial charge on any atom is -0.445 e. The third-order valence-corrected chi connectivity index (χ3v) is 5.86. The number of aliphatic hydroxyl groups excluding tert-OH is 1. The second-order valence-electron chi connectivity index (χ2n) is 4.56. The van der Waals surface area contributed by atoms with Crippen molar-refractivity contribution in [2.45, 2.75) is 18.5 Å². The Kier molecular flexibility index (Phi) is 2.61. The molecule has 1 N–H and O–H groups in total. The Morgan fingerprint density at radius 1 is 1.41 bits per heavy atom. The minimum absolute atomic E-state index is 0.0956.